The fourth-order valence-electron chi connectivity index (χ4n) is 1.76. The largest absolute Gasteiger partial charge is 0.506 e. The van der Waals surface area contributed by atoms with Crippen LogP contribution in [0.5, 0.6) is 11.5 Å². The number of nitrogens with one attached hydrogen (secondary N) is 1. The maximum Gasteiger partial charge on any atom is 0.255 e. The Labute approximate surface area is 135 Å². The number of hydrogen-bond acceptors (Lipinski definition) is 3. The molecule has 2 N–H and O–H groups in total. The molecule has 0 radical (unpaired) electrons. The van der Waals surface area contributed by atoms with Crippen LogP contribution in [0.4, 0.5) is 5.69 Å². The predicted octanol–water partition coefficient (Wildman–Crippen LogP) is 4.46. The van der Waals surface area contributed by atoms with Crippen molar-refractivity contribution in [1.29, 1.82) is 0 Å². The van der Waals surface area contributed by atoms with E-state index in [1.54, 1.807) is 30.3 Å². The second-order valence-corrected chi connectivity index (χ2v) is 5.52. The van der Waals surface area contributed by atoms with Gasteiger partial charge < -0.3 is 15.2 Å². The molecule has 6 heteroatoms. The van der Waals surface area contributed by atoms with Gasteiger partial charge in [-0.25, -0.2) is 0 Å². The topological polar surface area (TPSA) is 58.6 Å². The zero-order chi connectivity index (χ0) is 15.4. The molecule has 0 aliphatic carbocycles. The fourth-order valence-corrected chi connectivity index (χ4v) is 2.60. The van der Waals surface area contributed by atoms with Gasteiger partial charge in [0.05, 0.1) is 11.6 Å². The number of amides is 1. The highest BCUT2D eigenvalue weighted by Gasteiger charge is 2.13. The van der Waals surface area contributed by atoms with E-state index in [1.807, 2.05) is 6.92 Å². The van der Waals surface area contributed by atoms with E-state index in [2.05, 4.69) is 21.2 Å². The molecule has 110 valence electrons. The van der Waals surface area contributed by atoms with Crippen molar-refractivity contribution in [1.82, 2.24) is 0 Å². The van der Waals surface area contributed by atoms with Crippen molar-refractivity contribution in [3.63, 3.8) is 0 Å². The minimum atomic E-state index is -0.379. The molecule has 0 saturated heterocycles. The summed E-state index contributed by atoms with van der Waals surface area (Å²) in [6.45, 7) is 2.39. The highest BCUT2D eigenvalue weighted by molar-refractivity contribution is 9.10. The Balaban J connectivity index is 2.24. The molecule has 2 rings (SSSR count). The molecule has 0 atom stereocenters. The van der Waals surface area contributed by atoms with Gasteiger partial charge in [0.15, 0.2) is 0 Å². The monoisotopic (exact) mass is 369 g/mol. The van der Waals surface area contributed by atoms with E-state index >= 15 is 0 Å². The SMILES string of the molecule is CCOc1cccc(C(=O)Nc2c(O)cc(Br)cc2Cl)c1. The Morgan fingerprint density at radius 2 is 2.14 bits per heavy atom. The van der Waals surface area contributed by atoms with Gasteiger partial charge in [-0.2, -0.15) is 0 Å². The van der Waals surface area contributed by atoms with Gasteiger partial charge in [0.25, 0.3) is 5.91 Å². The van der Waals surface area contributed by atoms with E-state index in [1.165, 1.54) is 6.07 Å². The highest BCUT2D eigenvalue weighted by Crippen LogP contribution is 2.35. The number of anilines is 1. The Bertz CT molecular complexity index is 653. The predicted molar refractivity (Wildman–Crippen MR) is 86.4 cm³/mol. The molecule has 0 heterocycles. The maximum atomic E-state index is 12.2. The van der Waals surface area contributed by atoms with E-state index in [9.17, 15) is 9.90 Å². The van der Waals surface area contributed by atoms with Crippen LogP contribution >= 0.6 is 27.5 Å². The summed E-state index contributed by atoms with van der Waals surface area (Å²) in [5, 5.41) is 12.7. The van der Waals surface area contributed by atoms with E-state index in [-0.39, 0.29) is 22.4 Å². The van der Waals surface area contributed by atoms with Gasteiger partial charge in [0.1, 0.15) is 17.2 Å². The molecule has 0 aliphatic rings. The Morgan fingerprint density at radius 3 is 2.81 bits per heavy atom. The number of phenols is 1. The first-order chi connectivity index (χ1) is 10.0. The quantitative estimate of drug-likeness (QED) is 0.781. The summed E-state index contributed by atoms with van der Waals surface area (Å²) in [6, 6.07) is 9.82. The van der Waals surface area contributed by atoms with Crippen molar-refractivity contribution in [2.24, 2.45) is 0 Å². The molecule has 21 heavy (non-hydrogen) atoms. The molecular formula is C15H13BrClNO3. The van der Waals surface area contributed by atoms with Crippen molar-refractivity contribution in [2.45, 2.75) is 6.92 Å². The zero-order valence-corrected chi connectivity index (χ0v) is 13.5. The lowest BCUT2D eigenvalue weighted by Gasteiger charge is -2.11. The van der Waals surface area contributed by atoms with Crippen molar-refractivity contribution in [3.8, 4) is 11.5 Å². The van der Waals surface area contributed by atoms with E-state index in [0.29, 0.717) is 22.4 Å². The molecule has 0 unspecified atom stereocenters. The molecular weight excluding hydrogens is 358 g/mol. The first-order valence-corrected chi connectivity index (χ1v) is 7.40. The average molecular weight is 371 g/mol. The normalized spacial score (nSPS) is 10.2. The van der Waals surface area contributed by atoms with Crippen molar-refractivity contribution in [2.75, 3.05) is 11.9 Å². The van der Waals surface area contributed by atoms with Crippen LogP contribution in [0.25, 0.3) is 0 Å². The van der Waals surface area contributed by atoms with Crippen LogP contribution in [0.2, 0.25) is 5.02 Å². The summed E-state index contributed by atoms with van der Waals surface area (Å²) >= 11 is 9.23. The highest BCUT2D eigenvalue weighted by atomic mass is 79.9. The number of aromatic hydroxyl groups is 1. The Kier molecular flexibility index (Phi) is 5.09. The number of halogens is 2. The van der Waals surface area contributed by atoms with Crippen molar-refractivity contribution in [3.05, 3.63) is 51.5 Å². The number of phenolic OH excluding ortho intramolecular Hbond substituents is 1. The van der Waals surface area contributed by atoms with Gasteiger partial charge in [-0.05, 0) is 37.3 Å². The molecule has 2 aromatic rings. The number of carbonyl (C=O) groups excluding carboxylic acids is 1. The lowest BCUT2D eigenvalue weighted by atomic mass is 10.2. The third-order valence-corrected chi connectivity index (χ3v) is 3.44. The summed E-state index contributed by atoms with van der Waals surface area (Å²) in [5.74, 6) is 0.121. The van der Waals surface area contributed by atoms with E-state index in [4.69, 9.17) is 16.3 Å². The maximum absolute atomic E-state index is 12.2. The van der Waals surface area contributed by atoms with Crippen LogP contribution in [0.3, 0.4) is 0 Å². The van der Waals surface area contributed by atoms with E-state index < -0.39 is 0 Å². The van der Waals surface area contributed by atoms with Gasteiger partial charge in [0.2, 0.25) is 0 Å². The summed E-state index contributed by atoms with van der Waals surface area (Å²) in [5.41, 5.74) is 0.589. The molecule has 0 saturated carbocycles. The van der Waals surface area contributed by atoms with Crippen molar-refractivity contribution >= 4 is 39.1 Å². The molecule has 0 bridgehead atoms. The number of rotatable bonds is 4. The van der Waals surface area contributed by atoms with Gasteiger partial charge in [0, 0.05) is 10.0 Å². The van der Waals surface area contributed by atoms with Crippen LogP contribution in [0.15, 0.2) is 40.9 Å². The van der Waals surface area contributed by atoms with Crippen LogP contribution in [0, 0.1) is 0 Å². The Hall–Kier alpha value is -1.72. The molecule has 0 spiro atoms. The van der Waals surface area contributed by atoms with Crippen molar-refractivity contribution < 1.29 is 14.6 Å². The van der Waals surface area contributed by atoms with E-state index in [0.717, 1.165) is 0 Å². The number of ether oxygens (including phenoxy) is 1. The number of hydrogen-bond donors (Lipinski definition) is 2. The minimum absolute atomic E-state index is 0.108. The van der Waals surface area contributed by atoms with Gasteiger partial charge in [-0.1, -0.05) is 33.6 Å². The second-order valence-electron chi connectivity index (χ2n) is 4.20. The van der Waals surface area contributed by atoms with Crippen LogP contribution in [0.1, 0.15) is 17.3 Å². The third kappa shape index (κ3) is 3.89. The van der Waals surface area contributed by atoms with Crippen LogP contribution < -0.4 is 10.1 Å². The third-order valence-electron chi connectivity index (χ3n) is 2.68. The van der Waals surface area contributed by atoms with Crippen LogP contribution in [-0.2, 0) is 0 Å². The summed E-state index contributed by atoms with van der Waals surface area (Å²) in [6.07, 6.45) is 0. The summed E-state index contributed by atoms with van der Waals surface area (Å²) in [7, 11) is 0. The van der Waals surface area contributed by atoms with Gasteiger partial charge in [-0.3, -0.25) is 4.79 Å². The van der Waals surface area contributed by atoms with Crippen LogP contribution in [-0.4, -0.2) is 17.6 Å². The molecule has 4 nitrogen and oxygen atoms in total. The number of benzene rings is 2. The number of carbonyl (C=O) groups is 1. The standard InChI is InChI=1S/C15H13BrClNO3/c1-2-21-11-5-3-4-9(6-11)15(20)18-14-12(17)7-10(16)8-13(14)19/h3-8,19H,2H2,1H3,(H,18,20). The summed E-state index contributed by atoms with van der Waals surface area (Å²) < 4.78 is 5.97. The van der Waals surface area contributed by atoms with Gasteiger partial charge >= 0.3 is 0 Å². The summed E-state index contributed by atoms with van der Waals surface area (Å²) in [4.78, 5) is 12.2. The smallest absolute Gasteiger partial charge is 0.255 e. The molecule has 0 aliphatic heterocycles. The second kappa shape index (κ2) is 6.83. The average Bonchev–Trinajstić information content (AvgIpc) is 2.43. The molecule has 0 aromatic heterocycles. The minimum Gasteiger partial charge on any atom is -0.506 e. The lowest BCUT2D eigenvalue weighted by Crippen LogP contribution is -2.12. The Morgan fingerprint density at radius 1 is 1.38 bits per heavy atom. The first-order valence-electron chi connectivity index (χ1n) is 6.23. The lowest BCUT2D eigenvalue weighted by molar-refractivity contribution is 0.102. The fraction of sp³-hybridized carbons (Fsp3) is 0.133. The van der Waals surface area contributed by atoms with Gasteiger partial charge in [-0.15, -0.1) is 0 Å². The first kappa shape index (κ1) is 15.7. The molecule has 2 aromatic carbocycles. The molecule has 1 amide bonds. The molecule has 0 fully saturated rings. The zero-order valence-electron chi connectivity index (χ0n) is 11.2.